The Bertz CT molecular complexity index is 986. The van der Waals surface area contributed by atoms with E-state index in [1.165, 1.54) is 13.4 Å². The zero-order chi connectivity index (χ0) is 18.5. The Hall–Kier alpha value is -3.40. The molecule has 0 saturated carbocycles. The van der Waals surface area contributed by atoms with Crippen molar-refractivity contribution in [2.75, 3.05) is 7.11 Å². The first-order chi connectivity index (χ1) is 12.6. The minimum Gasteiger partial charge on any atom is -0.465 e. The van der Waals surface area contributed by atoms with Crippen LogP contribution in [-0.4, -0.2) is 13.1 Å². The van der Waals surface area contributed by atoms with Crippen LogP contribution in [0.1, 0.15) is 21.7 Å². The topological polar surface area (TPSA) is 56.5 Å². The third-order valence-corrected chi connectivity index (χ3v) is 4.07. The largest absolute Gasteiger partial charge is 0.465 e. The molecular weight excluding hydrogens is 328 g/mol. The van der Waals surface area contributed by atoms with Gasteiger partial charge in [-0.3, -0.25) is 4.79 Å². The van der Waals surface area contributed by atoms with Crippen molar-refractivity contribution >= 4 is 12.0 Å². The van der Waals surface area contributed by atoms with Crippen molar-refractivity contribution in [3.05, 3.63) is 100 Å². The molecule has 0 unspecified atom stereocenters. The fourth-order valence-electron chi connectivity index (χ4n) is 2.64. The minimum absolute atomic E-state index is 0.0958. The highest BCUT2D eigenvalue weighted by Crippen LogP contribution is 2.21. The number of fused-ring (bicyclic) bond motifs is 1. The molecule has 1 aromatic carbocycles. The number of allylic oxidation sites excluding steroid dienone is 6. The van der Waals surface area contributed by atoms with E-state index in [2.05, 4.69) is 11.3 Å². The molecule has 0 amide bonds. The van der Waals surface area contributed by atoms with E-state index >= 15 is 0 Å². The molecular formula is C22H18O4. The van der Waals surface area contributed by atoms with E-state index in [0.717, 1.165) is 5.57 Å². The summed E-state index contributed by atoms with van der Waals surface area (Å²) in [5.41, 5.74) is 2.86. The molecule has 130 valence electrons. The van der Waals surface area contributed by atoms with Crippen LogP contribution in [0.5, 0.6) is 0 Å². The average molecular weight is 346 g/mol. The van der Waals surface area contributed by atoms with E-state index < -0.39 is 5.97 Å². The van der Waals surface area contributed by atoms with Crippen molar-refractivity contribution < 1.29 is 13.9 Å². The molecule has 0 aliphatic heterocycles. The molecule has 0 bridgehead atoms. The number of ether oxygens (including phenoxy) is 1. The highest BCUT2D eigenvalue weighted by molar-refractivity contribution is 5.89. The molecule has 0 atom stereocenters. The average Bonchev–Trinajstić information content (AvgIpc) is 2.67. The standard InChI is InChI=1S/C22H18O4/c1-15-6-4-3-5-7-18-20(13-8-15)26-14-19(21(18)23)16-9-11-17(12-10-16)22(24)25-2/h3-6,8-14H,1,7H2,2H3/b5-3-,6-4-,13-8-. The molecule has 0 N–H and O–H groups in total. The highest BCUT2D eigenvalue weighted by atomic mass is 16.5. The van der Waals surface area contributed by atoms with Crippen molar-refractivity contribution in [1.82, 2.24) is 0 Å². The second kappa shape index (κ2) is 7.66. The lowest BCUT2D eigenvalue weighted by molar-refractivity contribution is 0.0601. The molecule has 26 heavy (non-hydrogen) atoms. The summed E-state index contributed by atoms with van der Waals surface area (Å²) in [5, 5.41) is 0. The fourth-order valence-corrected chi connectivity index (χ4v) is 2.64. The van der Waals surface area contributed by atoms with E-state index in [0.29, 0.717) is 34.4 Å². The molecule has 0 saturated heterocycles. The lowest BCUT2D eigenvalue weighted by Gasteiger charge is -2.07. The molecule has 0 fully saturated rings. The van der Waals surface area contributed by atoms with Crippen LogP contribution in [0.4, 0.5) is 0 Å². The number of carbonyl (C=O) groups is 1. The predicted molar refractivity (Wildman–Crippen MR) is 102 cm³/mol. The normalized spacial score (nSPS) is 17.0. The summed E-state index contributed by atoms with van der Waals surface area (Å²) in [6.07, 6.45) is 13.0. The second-order valence-corrected chi connectivity index (χ2v) is 5.79. The number of hydrogen-bond acceptors (Lipinski definition) is 4. The first-order valence-electron chi connectivity index (χ1n) is 8.14. The van der Waals surface area contributed by atoms with E-state index in [9.17, 15) is 9.59 Å². The monoisotopic (exact) mass is 346 g/mol. The van der Waals surface area contributed by atoms with Crippen LogP contribution >= 0.6 is 0 Å². The molecule has 1 aromatic heterocycles. The lowest BCUT2D eigenvalue weighted by Crippen LogP contribution is -2.13. The number of hydrogen-bond donors (Lipinski definition) is 0. The van der Waals surface area contributed by atoms with E-state index in [4.69, 9.17) is 4.42 Å². The van der Waals surface area contributed by atoms with Gasteiger partial charge in [0.1, 0.15) is 12.0 Å². The maximum atomic E-state index is 13.0. The molecule has 2 aromatic rings. The van der Waals surface area contributed by atoms with Crippen molar-refractivity contribution in [1.29, 1.82) is 0 Å². The predicted octanol–water partition coefficient (Wildman–Crippen LogP) is 4.33. The number of esters is 1. The van der Waals surface area contributed by atoms with Gasteiger partial charge in [0.25, 0.3) is 0 Å². The van der Waals surface area contributed by atoms with Gasteiger partial charge in [-0.2, -0.15) is 0 Å². The van der Waals surface area contributed by atoms with Gasteiger partial charge in [0.2, 0.25) is 0 Å². The Morgan fingerprint density at radius 3 is 2.62 bits per heavy atom. The zero-order valence-corrected chi connectivity index (χ0v) is 14.4. The first-order valence-corrected chi connectivity index (χ1v) is 8.14. The molecule has 4 nitrogen and oxygen atoms in total. The van der Waals surface area contributed by atoms with Gasteiger partial charge >= 0.3 is 5.97 Å². The van der Waals surface area contributed by atoms with Gasteiger partial charge in [-0.1, -0.05) is 49.1 Å². The first kappa shape index (κ1) is 17.4. The van der Waals surface area contributed by atoms with E-state index in [-0.39, 0.29) is 5.43 Å². The Labute approximate surface area is 151 Å². The summed E-state index contributed by atoms with van der Waals surface area (Å²) in [4.78, 5) is 24.5. The van der Waals surface area contributed by atoms with E-state index in [1.54, 1.807) is 30.3 Å². The molecule has 1 aliphatic carbocycles. The summed E-state index contributed by atoms with van der Waals surface area (Å²) in [7, 11) is 1.33. The number of benzene rings is 1. The Morgan fingerprint density at radius 2 is 1.88 bits per heavy atom. The van der Waals surface area contributed by atoms with Crippen LogP contribution in [0.2, 0.25) is 0 Å². The van der Waals surface area contributed by atoms with Gasteiger partial charge in [0.15, 0.2) is 5.43 Å². The van der Waals surface area contributed by atoms with Crippen LogP contribution < -0.4 is 5.43 Å². The number of carbonyl (C=O) groups excluding carboxylic acids is 1. The Kier molecular flexibility index (Phi) is 5.13. The Morgan fingerprint density at radius 1 is 1.12 bits per heavy atom. The molecule has 1 aliphatic rings. The van der Waals surface area contributed by atoms with Gasteiger partial charge in [-0.25, -0.2) is 4.79 Å². The van der Waals surface area contributed by atoms with Crippen LogP contribution in [-0.2, 0) is 11.2 Å². The van der Waals surface area contributed by atoms with Gasteiger partial charge in [-0.15, -0.1) is 0 Å². The number of methoxy groups -OCH3 is 1. The van der Waals surface area contributed by atoms with Crippen LogP contribution in [0.15, 0.2) is 82.3 Å². The van der Waals surface area contributed by atoms with Crippen LogP contribution in [0.3, 0.4) is 0 Å². The van der Waals surface area contributed by atoms with Crippen molar-refractivity contribution in [2.24, 2.45) is 0 Å². The van der Waals surface area contributed by atoms with Crippen molar-refractivity contribution in [2.45, 2.75) is 6.42 Å². The third kappa shape index (κ3) is 3.64. The fraction of sp³-hybridized carbons (Fsp3) is 0.0909. The van der Waals surface area contributed by atoms with Gasteiger partial charge in [0, 0.05) is 5.56 Å². The zero-order valence-electron chi connectivity index (χ0n) is 14.4. The molecule has 3 rings (SSSR count). The molecule has 4 heteroatoms. The van der Waals surface area contributed by atoms with Gasteiger partial charge < -0.3 is 9.15 Å². The lowest BCUT2D eigenvalue weighted by atomic mass is 10.0. The maximum Gasteiger partial charge on any atom is 0.337 e. The summed E-state index contributed by atoms with van der Waals surface area (Å²) in [6, 6.07) is 6.67. The van der Waals surface area contributed by atoms with Crippen LogP contribution in [0, 0.1) is 0 Å². The van der Waals surface area contributed by atoms with Crippen LogP contribution in [0.25, 0.3) is 17.2 Å². The molecule has 1 heterocycles. The van der Waals surface area contributed by atoms with Gasteiger partial charge in [-0.05, 0) is 35.8 Å². The smallest absolute Gasteiger partial charge is 0.337 e. The molecule has 0 spiro atoms. The summed E-state index contributed by atoms with van der Waals surface area (Å²) in [5.74, 6) is 0.101. The molecule has 0 radical (unpaired) electrons. The summed E-state index contributed by atoms with van der Waals surface area (Å²) >= 11 is 0. The third-order valence-electron chi connectivity index (χ3n) is 4.07. The van der Waals surface area contributed by atoms with Gasteiger partial charge in [0.05, 0.1) is 18.2 Å². The quantitative estimate of drug-likeness (QED) is 0.760. The maximum absolute atomic E-state index is 13.0. The number of rotatable bonds is 2. The van der Waals surface area contributed by atoms with Crippen molar-refractivity contribution in [3.8, 4) is 11.1 Å². The van der Waals surface area contributed by atoms with E-state index in [1.807, 2.05) is 30.4 Å². The summed E-state index contributed by atoms with van der Waals surface area (Å²) < 4.78 is 10.4. The minimum atomic E-state index is -0.419. The second-order valence-electron chi connectivity index (χ2n) is 5.79. The highest BCUT2D eigenvalue weighted by Gasteiger charge is 2.14. The Balaban J connectivity index is 2.05. The van der Waals surface area contributed by atoms with Crippen molar-refractivity contribution in [3.63, 3.8) is 0 Å². The summed E-state index contributed by atoms with van der Waals surface area (Å²) in [6.45, 7) is 3.91. The SMILES string of the molecule is C=C1/C=C\C=C/Cc2c(occ(-c3ccc(C(=O)OC)cc3)c2=O)/C=C\1.